The third kappa shape index (κ3) is 2.15. The number of nitrogens with zero attached hydrogens (tertiary/aromatic N) is 1. The molecule has 0 bridgehead atoms. The lowest BCUT2D eigenvalue weighted by Crippen LogP contribution is -2.57. The van der Waals surface area contributed by atoms with E-state index in [0.717, 1.165) is 13.1 Å². The highest BCUT2D eigenvalue weighted by atomic mass is 79.9. The lowest BCUT2D eigenvalue weighted by molar-refractivity contribution is 0.0602. The molecule has 16 heavy (non-hydrogen) atoms. The molecule has 2 atom stereocenters. The Morgan fingerprint density at radius 2 is 2.38 bits per heavy atom. The summed E-state index contributed by atoms with van der Waals surface area (Å²) in [6.07, 6.45) is 1.49. The van der Waals surface area contributed by atoms with E-state index >= 15 is 0 Å². The standard InChI is InChI=1S/C11H15BrN2O2/c1-7-8(2)14(4-3-13-7)11(15)9-5-10(12)16-6-9/h5-8,13H,3-4H2,1-2H3. The average Bonchev–Trinajstić information content (AvgIpc) is 2.68. The molecule has 0 aliphatic carbocycles. The molecule has 0 saturated carbocycles. The Labute approximate surface area is 103 Å². The van der Waals surface area contributed by atoms with Gasteiger partial charge in [0.15, 0.2) is 4.67 Å². The number of rotatable bonds is 1. The first-order valence-corrected chi connectivity index (χ1v) is 6.17. The molecule has 4 nitrogen and oxygen atoms in total. The summed E-state index contributed by atoms with van der Waals surface area (Å²) in [6.45, 7) is 5.74. The summed E-state index contributed by atoms with van der Waals surface area (Å²) in [7, 11) is 0. The van der Waals surface area contributed by atoms with Gasteiger partial charge in [0.25, 0.3) is 5.91 Å². The number of piperazine rings is 1. The molecule has 1 N–H and O–H groups in total. The van der Waals surface area contributed by atoms with Gasteiger partial charge in [0, 0.05) is 31.2 Å². The summed E-state index contributed by atoms with van der Waals surface area (Å²) in [5.74, 6) is 0.0373. The highest BCUT2D eigenvalue weighted by Gasteiger charge is 2.29. The lowest BCUT2D eigenvalue weighted by atomic mass is 10.1. The van der Waals surface area contributed by atoms with Gasteiger partial charge in [-0.15, -0.1) is 0 Å². The summed E-state index contributed by atoms with van der Waals surface area (Å²) < 4.78 is 5.68. The van der Waals surface area contributed by atoms with Gasteiger partial charge in [-0.05, 0) is 29.8 Å². The number of halogens is 1. The number of carbonyl (C=O) groups excluding carboxylic acids is 1. The van der Waals surface area contributed by atoms with Gasteiger partial charge < -0.3 is 14.6 Å². The maximum absolute atomic E-state index is 12.2. The van der Waals surface area contributed by atoms with E-state index in [1.807, 2.05) is 4.90 Å². The van der Waals surface area contributed by atoms with E-state index in [9.17, 15) is 4.79 Å². The van der Waals surface area contributed by atoms with Crippen LogP contribution in [0.2, 0.25) is 0 Å². The van der Waals surface area contributed by atoms with Crippen LogP contribution in [-0.4, -0.2) is 36.0 Å². The van der Waals surface area contributed by atoms with Gasteiger partial charge in [-0.3, -0.25) is 4.79 Å². The van der Waals surface area contributed by atoms with Crippen molar-refractivity contribution < 1.29 is 9.21 Å². The second-order valence-electron chi connectivity index (χ2n) is 4.12. The molecule has 5 heteroatoms. The topological polar surface area (TPSA) is 45.5 Å². The van der Waals surface area contributed by atoms with Gasteiger partial charge in [0.2, 0.25) is 0 Å². The van der Waals surface area contributed by atoms with Gasteiger partial charge in [-0.2, -0.15) is 0 Å². The smallest absolute Gasteiger partial charge is 0.257 e. The molecule has 1 aliphatic rings. The molecule has 1 amide bonds. The zero-order valence-electron chi connectivity index (χ0n) is 9.37. The molecule has 1 fully saturated rings. The predicted octanol–water partition coefficient (Wildman–Crippen LogP) is 1.86. The number of furan rings is 1. The number of carbonyl (C=O) groups is 1. The van der Waals surface area contributed by atoms with Crippen LogP contribution < -0.4 is 5.32 Å². The zero-order valence-corrected chi connectivity index (χ0v) is 11.0. The van der Waals surface area contributed by atoms with Gasteiger partial charge in [0.1, 0.15) is 6.26 Å². The minimum atomic E-state index is 0.0373. The lowest BCUT2D eigenvalue weighted by Gasteiger charge is -2.38. The van der Waals surface area contributed by atoms with Crippen molar-refractivity contribution in [3.8, 4) is 0 Å². The number of nitrogens with one attached hydrogen (secondary N) is 1. The van der Waals surface area contributed by atoms with E-state index in [0.29, 0.717) is 16.3 Å². The molecular weight excluding hydrogens is 272 g/mol. The zero-order chi connectivity index (χ0) is 11.7. The summed E-state index contributed by atoms with van der Waals surface area (Å²) in [6, 6.07) is 2.24. The molecular formula is C11H15BrN2O2. The van der Waals surface area contributed by atoms with Crippen molar-refractivity contribution in [3.63, 3.8) is 0 Å². The highest BCUT2D eigenvalue weighted by Crippen LogP contribution is 2.18. The van der Waals surface area contributed by atoms with Gasteiger partial charge >= 0.3 is 0 Å². The van der Waals surface area contributed by atoms with Gasteiger partial charge in [0.05, 0.1) is 5.56 Å². The number of hydrogen-bond donors (Lipinski definition) is 1. The fourth-order valence-corrected chi connectivity index (χ4v) is 2.27. The van der Waals surface area contributed by atoms with Crippen LogP contribution in [0.1, 0.15) is 24.2 Å². The Hall–Kier alpha value is -0.810. The van der Waals surface area contributed by atoms with Crippen LogP contribution in [0.15, 0.2) is 21.4 Å². The monoisotopic (exact) mass is 286 g/mol. The van der Waals surface area contributed by atoms with Crippen LogP contribution in [0.3, 0.4) is 0 Å². The van der Waals surface area contributed by atoms with Crippen LogP contribution in [-0.2, 0) is 0 Å². The Balaban J connectivity index is 2.15. The van der Waals surface area contributed by atoms with E-state index in [1.54, 1.807) is 6.07 Å². The summed E-state index contributed by atoms with van der Waals surface area (Å²) in [4.78, 5) is 14.1. The molecule has 0 spiro atoms. The largest absolute Gasteiger partial charge is 0.457 e. The molecule has 2 heterocycles. The van der Waals surface area contributed by atoms with Crippen molar-refractivity contribution in [2.45, 2.75) is 25.9 Å². The van der Waals surface area contributed by atoms with Crippen molar-refractivity contribution in [2.24, 2.45) is 0 Å². The molecule has 1 saturated heterocycles. The van der Waals surface area contributed by atoms with Crippen molar-refractivity contribution in [1.82, 2.24) is 10.2 Å². The molecule has 2 unspecified atom stereocenters. The van der Waals surface area contributed by atoms with E-state index in [4.69, 9.17) is 4.42 Å². The van der Waals surface area contributed by atoms with E-state index in [1.165, 1.54) is 6.26 Å². The molecule has 1 aromatic rings. The van der Waals surface area contributed by atoms with Crippen LogP contribution in [0.25, 0.3) is 0 Å². The first-order valence-electron chi connectivity index (χ1n) is 5.38. The average molecular weight is 287 g/mol. The molecule has 0 radical (unpaired) electrons. The van der Waals surface area contributed by atoms with Crippen molar-refractivity contribution in [3.05, 3.63) is 22.6 Å². The van der Waals surface area contributed by atoms with Crippen LogP contribution in [0.5, 0.6) is 0 Å². The van der Waals surface area contributed by atoms with Crippen molar-refractivity contribution in [1.29, 1.82) is 0 Å². The van der Waals surface area contributed by atoms with Crippen LogP contribution in [0, 0.1) is 0 Å². The van der Waals surface area contributed by atoms with Crippen molar-refractivity contribution >= 4 is 21.8 Å². The third-order valence-electron chi connectivity index (χ3n) is 3.11. The SMILES string of the molecule is CC1NCCN(C(=O)c2coc(Br)c2)C1C. The minimum Gasteiger partial charge on any atom is -0.457 e. The van der Waals surface area contributed by atoms with Gasteiger partial charge in [-0.1, -0.05) is 0 Å². The second-order valence-corrected chi connectivity index (χ2v) is 4.90. The molecule has 2 rings (SSSR count). The molecule has 0 aromatic carbocycles. The van der Waals surface area contributed by atoms with E-state index in [2.05, 4.69) is 35.1 Å². The second kappa shape index (κ2) is 4.59. The van der Waals surface area contributed by atoms with Crippen molar-refractivity contribution in [2.75, 3.05) is 13.1 Å². The summed E-state index contributed by atoms with van der Waals surface area (Å²) in [5, 5.41) is 3.35. The number of hydrogen-bond acceptors (Lipinski definition) is 3. The minimum absolute atomic E-state index is 0.0373. The molecule has 1 aromatic heterocycles. The Kier molecular flexibility index (Phi) is 3.35. The van der Waals surface area contributed by atoms with E-state index in [-0.39, 0.29) is 11.9 Å². The normalized spacial score (nSPS) is 25.8. The first kappa shape index (κ1) is 11.7. The predicted molar refractivity (Wildman–Crippen MR) is 64.4 cm³/mol. The molecule has 1 aliphatic heterocycles. The highest BCUT2D eigenvalue weighted by molar-refractivity contribution is 9.10. The summed E-state index contributed by atoms with van der Waals surface area (Å²) >= 11 is 3.20. The fourth-order valence-electron chi connectivity index (χ4n) is 1.93. The number of amides is 1. The quantitative estimate of drug-likeness (QED) is 0.857. The Morgan fingerprint density at radius 1 is 1.62 bits per heavy atom. The maximum atomic E-state index is 12.2. The fraction of sp³-hybridized carbons (Fsp3) is 0.545. The van der Waals surface area contributed by atoms with E-state index < -0.39 is 0 Å². The maximum Gasteiger partial charge on any atom is 0.257 e. The Morgan fingerprint density at radius 3 is 3.00 bits per heavy atom. The first-order chi connectivity index (χ1) is 7.59. The summed E-state index contributed by atoms with van der Waals surface area (Å²) in [5.41, 5.74) is 0.604. The molecule has 88 valence electrons. The van der Waals surface area contributed by atoms with Crippen LogP contribution >= 0.6 is 15.9 Å². The Bertz CT molecular complexity index is 391. The van der Waals surface area contributed by atoms with Gasteiger partial charge in [-0.25, -0.2) is 0 Å². The van der Waals surface area contributed by atoms with Crippen LogP contribution in [0.4, 0.5) is 0 Å². The third-order valence-corrected chi connectivity index (χ3v) is 3.53.